The summed E-state index contributed by atoms with van der Waals surface area (Å²) in [6.07, 6.45) is -0.459. The first-order valence-corrected chi connectivity index (χ1v) is 10.2. The lowest BCUT2D eigenvalue weighted by atomic mass is 10.1. The summed E-state index contributed by atoms with van der Waals surface area (Å²) in [6.45, 7) is 1.74. The van der Waals surface area contributed by atoms with Crippen LogP contribution in [0.3, 0.4) is 0 Å². The maximum atomic E-state index is 12.9. The molecular formula is C22H23F3N4O2. The zero-order valence-electron chi connectivity index (χ0n) is 16.8. The van der Waals surface area contributed by atoms with Crippen LogP contribution in [-0.2, 0) is 6.18 Å². The van der Waals surface area contributed by atoms with Gasteiger partial charge in [-0.1, -0.05) is 6.07 Å². The van der Waals surface area contributed by atoms with Crippen molar-refractivity contribution in [3.05, 3.63) is 53.6 Å². The topological polar surface area (TPSA) is 73.5 Å². The first-order chi connectivity index (χ1) is 14.8. The Hall–Kier alpha value is -3.23. The average molecular weight is 432 g/mol. The molecule has 2 aromatic rings. The number of nitrogens with zero attached hydrogens (tertiary/aromatic N) is 1. The molecule has 4 rings (SSSR count). The van der Waals surface area contributed by atoms with Crippen molar-refractivity contribution in [2.45, 2.75) is 37.9 Å². The Kier molecular flexibility index (Phi) is 5.75. The lowest BCUT2D eigenvalue weighted by Gasteiger charge is -2.22. The van der Waals surface area contributed by atoms with E-state index in [1.807, 2.05) is 0 Å². The lowest BCUT2D eigenvalue weighted by molar-refractivity contribution is -0.137. The van der Waals surface area contributed by atoms with Gasteiger partial charge in [0, 0.05) is 36.2 Å². The van der Waals surface area contributed by atoms with E-state index in [0.717, 1.165) is 56.6 Å². The van der Waals surface area contributed by atoms with E-state index in [0.29, 0.717) is 11.3 Å². The number of halogens is 3. The Bertz CT molecular complexity index is 983. The second kappa shape index (κ2) is 8.49. The van der Waals surface area contributed by atoms with Crippen molar-refractivity contribution in [2.24, 2.45) is 0 Å². The number of anilines is 3. The number of amides is 3. The van der Waals surface area contributed by atoms with E-state index in [1.54, 1.807) is 18.2 Å². The normalized spacial score (nSPS) is 16.2. The quantitative estimate of drug-likeness (QED) is 0.633. The summed E-state index contributed by atoms with van der Waals surface area (Å²) in [5.41, 5.74) is 0.852. The molecule has 1 aliphatic heterocycles. The predicted molar refractivity (Wildman–Crippen MR) is 112 cm³/mol. The van der Waals surface area contributed by atoms with E-state index >= 15 is 0 Å². The molecule has 9 heteroatoms. The van der Waals surface area contributed by atoms with Crippen molar-refractivity contribution in [2.75, 3.05) is 28.6 Å². The predicted octanol–water partition coefficient (Wildman–Crippen LogP) is 4.84. The van der Waals surface area contributed by atoms with Gasteiger partial charge in [-0.25, -0.2) is 4.79 Å². The van der Waals surface area contributed by atoms with Crippen LogP contribution in [-0.4, -0.2) is 31.1 Å². The molecule has 0 radical (unpaired) electrons. The van der Waals surface area contributed by atoms with Crippen molar-refractivity contribution in [1.82, 2.24) is 5.32 Å². The maximum Gasteiger partial charge on any atom is 0.416 e. The minimum absolute atomic E-state index is 0.0210. The second-order valence-corrected chi connectivity index (χ2v) is 7.83. The van der Waals surface area contributed by atoms with Gasteiger partial charge in [0.2, 0.25) is 0 Å². The highest BCUT2D eigenvalue weighted by Gasteiger charge is 2.30. The Balaban J connectivity index is 1.50. The third-order valence-corrected chi connectivity index (χ3v) is 5.31. The first-order valence-electron chi connectivity index (χ1n) is 10.2. The molecule has 1 heterocycles. The molecule has 6 nitrogen and oxygen atoms in total. The van der Waals surface area contributed by atoms with E-state index in [-0.39, 0.29) is 17.6 Å². The van der Waals surface area contributed by atoms with Gasteiger partial charge in [0.25, 0.3) is 5.91 Å². The van der Waals surface area contributed by atoms with Crippen molar-refractivity contribution in [3.63, 3.8) is 0 Å². The van der Waals surface area contributed by atoms with Crippen LogP contribution >= 0.6 is 0 Å². The van der Waals surface area contributed by atoms with Crippen molar-refractivity contribution >= 4 is 29.0 Å². The summed E-state index contributed by atoms with van der Waals surface area (Å²) in [7, 11) is 0. The summed E-state index contributed by atoms with van der Waals surface area (Å²) in [6, 6.07) is 9.00. The monoisotopic (exact) mass is 432 g/mol. The molecule has 31 heavy (non-hydrogen) atoms. The number of carbonyl (C=O) groups is 2. The molecule has 0 unspecified atom stereocenters. The zero-order chi connectivity index (χ0) is 22.0. The number of carbonyl (C=O) groups excluding carboxylic acids is 2. The fourth-order valence-electron chi connectivity index (χ4n) is 3.59. The Morgan fingerprint density at radius 1 is 0.935 bits per heavy atom. The highest BCUT2D eigenvalue weighted by molar-refractivity contribution is 6.04. The Morgan fingerprint density at radius 2 is 1.61 bits per heavy atom. The smallest absolute Gasteiger partial charge is 0.371 e. The molecule has 3 amide bonds. The maximum absolute atomic E-state index is 12.9. The molecule has 2 fully saturated rings. The number of urea groups is 1. The van der Waals surface area contributed by atoms with E-state index < -0.39 is 17.8 Å². The lowest BCUT2D eigenvalue weighted by Crippen LogP contribution is -2.29. The van der Waals surface area contributed by atoms with Crippen LogP contribution in [0.5, 0.6) is 0 Å². The molecule has 2 aromatic carbocycles. The first kappa shape index (κ1) is 21.0. The number of hydrogen-bond donors (Lipinski definition) is 3. The fraction of sp³-hybridized carbons (Fsp3) is 0.364. The van der Waals surface area contributed by atoms with Gasteiger partial charge >= 0.3 is 12.2 Å². The van der Waals surface area contributed by atoms with Gasteiger partial charge < -0.3 is 20.9 Å². The Morgan fingerprint density at radius 3 is 2.26 bits per heavy atom. The molecule has 164 valence electrons. The van der Waals surface area contributed by atoms with Gasteiger partial charge in [0.05, 0.1) is 11.1 Å². The van der Waals surface area contributed by atoms with Crippen molar-refractivity contribution in [3.8, 4) is 0 Å². The number of nitrogens with one attached hydrogen (secondary N) is 3. The van der Waals surface area contributed by atoms with E-state index in [2.05, 4.69) is 20.9 Å². The molecule has 1 aliphatic carbocycles. The molecule has 1 saturated carbocycles. The summed E-state index contributed by atoms with van der Waals surface area (Å²) in [5, 5.41) is 7.98. The van der Waals surface area contributed by atoms with Crippen LogP contribution in [0.4, 0.5) is 35.0 Å². The molecular weight excluding hydrogens is 409 g/mol. The highest BCUT2D eigenvalue weighted by Crippen LogP contribution is 2.31. The Labute approximate surface area is 177 Å². The fourth-order valence-corrected chi connectivity index (χ4v) is 3.59. The van der Waals surface area contributed by atoms with Gasteiger partial charge in [-0.15, -0.1) is 0 Å². The molecule has 0 atom stereocenters. The van der Waals surface area contributed by atoms with Gasteiger partial charge in [-0.2, -0.15) is 13.2 Å². The van der Waals surface area contributed by atoms with Crippen LogP contribution in [0, 0.1) is 0 Å². The molecule has 1 saturated heterocycles. The molecule has 0 aromatic heterocycles. The van der Waals surface area contributed by atoms with E-state index in [9.17, 15) is 22.8 Å². The number of alkyl halides is 3. The SMILES string of the molecule is O=C(Nc1cccc(C(F)(F)F)c1)Nc1ccc(N2CCCC2)c(C(=O)NC2CC2)c1. The summed E-state index contributed by atoms with van der Waals surface area (Å²) in [5.74, 6) is -0.189. The van der Waals surface area contributed by atoms with Gasteiger partial charge in [-0.3, -0.25) is 4.79 Å². The van der Waals surface area contributed by atoms with E-state index in [1.165, 1.54) is 12.1 Å². The molecule has 2 aliphatic rings. The van der Waals surface area contributed by atoms with Crippen LogP contribution in [0.25, 0.3) is 0 Å². The minimum atomic E-state index is -4.50. The second-order valence-electron chi connectivity index (χ2n) is 7.83. The third-order valence-electron chi connectivity index (χ3n) is 5.31. The van der Waals surface area contributed by atoms with Crippen LogP contribution in [0.15, 0.2) is 42.5 Å². The van der Waals surface area contributed by atoms with Gasteiger partial charge in [-0.05, 0) is 62.1 Å². The molecule has 0 spiro atoms. The molecule has 3 N–H and O–H groups in total. The van der Waals surface area contributed by atoms with Crippen molar-refractivity contribution in [1.29, 1.82) is 0 Å². The van der Waals surface area contributed by atoms with Crippen LogP contribution in [0.1, 0.15) is 41.6 Å². The third kappa shape index (κ3) is 5.28. The van der Waals surface area contributed by atoms with Gasteiger partial charge in [0.15, 0.2) is 0 Å². The highest BCUT2D eigenvalue weighted by atomic mass is 19.4. The minimum Gasteiger partial charge on any atom is -0.371 e. The van der Waals surface area contributed by atoms with Crippen LogP contribution < -0.4 is 20.9 Å². The largest absolute Gasteiger partial charge is 0.416 e. The summed E-state index contributed by atoms with van der Waals surface area (Å²) < 4.78 is 38.6. The number of rotatable bonds is 5. The van der Waals surface area contributed by atoms with Crippen molar-refractivity contribution < 1.29 is 22.8 Å². The molecule has 0 bridgehead atoms. The van der Waals surface area contributed by atoms with Gasteiger partial charge in [0.1, 0.15) is 0 Å². The van der Waals surface area contributed by atoms with E-state index in [4.69, 9.17) is 0 Å². The average Bonchev–Trinajstić information content (AvgIpc) is 3.36. The summed E-state index contributed by atoms with van der Waals surface area (Å²) >= 11 is 0. The summed E-state index contributed by atoms with van der Waals surface area (Å²) in [4.78, 5) is 27.2. The number of benzene rings is 2. The standard InChI is InChI=1S/C22H23F3N4O2/c23-22(24,25)14-4-3-5-16(12-14)27-21(31)28-17-8-9-19(29-10-1-2-11-29)18(13-17)20(30)26-15-6-7-15/h3-5,8-9,12-13,15H,1-2,6-7,10-11H2,(H,26,30)(H2,27,28,31). The number of hydrogen-bond acceptors (Lipinski definition) is 3. The van der Waals surface area contributed by atoms with Crippen LogP contribution in [0.2, 0.25) is 0 Å². The zero-order valence-corrected chi connectivity index (χ0v) is 16.8.